The maximum absolute atomic E-state index is 11.6. The van der Waals surface area contributed by atoms with Crippen molar-refractivity contribution in [3.8, 4) is 0 Å². The van der Waals surface area contributed by atoms with Crippen LogP contribution in [0.3, 0.4) is 0 Å². The first-order valence-corrected chi connectivity index (χ1v) is 6.14. The molecule has 1 spiro atoms. The Morgan fingerprint density at radius 2 is 2.24 bits per heavy atom. The third kappa shape index (κ3) is 1.33. The zero-order valence-electron chi connectivity index (χ0n) is 10.2. The quantitative estimate of drug-likeness (QED) is 0.723. The van der Waals surface area contributed by atoms with Crippen LogP contribution in [0.5, 0.6) is 0 Å². The molecular formula is C12H18O5. The van der Waals surface area contributed by atoms with Crippen molar-refractivity contribution in [1.29, 1.82) is 0 Å². The first-order valence-electron chi connectivity index (χ1n) is 6.14. The highest BCUT2D eigenvalue weighted by Gasteiger charge is 2.73. The molecule has 2 heterocycles. The Kier molecular flexibility index (Phi) is 2.16. The van der Waals surface area contributed by atoms with Gasteiger partial charge in [0.15, 0.2) is 5.79 Å². The number of esters is 1. The fraction of sp³-hybridized carbons (Fsp3) is 0.917. The molecule has 1 saturated carbocycles. The van der Waals surface area contributed by atoms with E-state index < -0.39 is 17.0 Å². The van der Waals surface area contributed by atoms with Crippen molar-refractivity contribution in [3.63, 3.8) is 0 Å². The molecule has 3 atom stereocenters. The average Bonchev–Trinajstić information content (AvgIpc) is 2.68. The molecule has 1 N–H and O–H groups in total. The minimum Gasteiger partial charge on any atom is -0.456 e. The first-order chi connectivity index (χ1) is 7.93. The van der Waals surface area contributed by atoms with Crippen molar-refractivity contribution in [2.75, 3.05) is 6.61 Å². The molecule has 0 radical (unpaired) electrons. The number of carbonyl (C=O) groups is 1. The van der Waals surface area contributed by atoms with Gasteiger partial charge in [0.25, 0.3) is 0 Å². The number of hydrogen-bond acceptors (Lipinski definition) is 5. The molecule has 0 aromatic heterocycles. The SMILES string of the molecule is CC1(C)O[C@H]2CC[C@]3(CCO)OC(=O)C[C@]23O1. The van der Waals surface area contributed by atoms with Gasteiger partial charge in [0.05, 0.1) is 12.5 Å². The normalized spacial score (nSPS) is 46.8. The summed E-state index contributed by atoms with van der Waals surface area (Å²) in [5, 5.41) is 9.21. The predicted octanol–water partition coefficient (Wildman–Crippen LogP) is 0.739. The molecular weight excluding hydrogens is 224 g/mol. The van der Waals surface area contributed by atoms with Gasteiger partial charge in [-0.25, -0.2) is 0 Å². The maximum atomic E-state index is 11.6. The largest absolute Gasteiger partial charge is 0.456 e. The van der Waals surface area contributed by atoms with E-state index in [2.05, 4.69) is 0 Å². The van der Waals surface area contributed by atoms with Crippen LogP contribution < -0.4 is 0 Å². The van der Waals surface area contributed by atoms with E-state index in [1.807, 2.05) is 13.8 Å². The van der Waals surface area contributed by atoms with Gasteiger partial charge < -0.3 is 19.3 Å². The van der Waals surface area contributed by atoms with Gasteiger partial charge in [-0.05, 0) is 26.7 Å². The van der Waals surface area contributed by atoms with E-state index in [1.54, 1.807) is 0 Å². The minimum absolute atomic E-state index is 0.00839. The van der Waals surface area contributed by atoms with Gasteiger partial charge in [-0.2, -0.15) is 0 Å². The number of rotatable bonds is 2. The third-order valence-corrected chi connectivity index (χ3v) is 4.19. The monoisotopic (exact) mass is 242 g/mol. The van der Waals surface area contributed by atoms with E-state index in [0.717, 1.165) is 6.42 Å². The second-order valence-electron chi connectivity index (χ2n) is 5.66. The van der Waals surface area contributed by atoms with E-state index in [4.69, 9.17) is 14.2 Å². The van der Waals surface area contributed by atoms with Crippen LogP contribution in [0.1, 0.15) is 39.5 Å². The Morgan fingerprint density at radius 1 is 1.47 bits per heavy atom. The summed E-state index contributed by atoms with van der Waals surface area (Å²) in [5.41, 5.74) is -1.37. The van der Waals surface area contributed by atoms with E-state index >= 15 is 0 Å². The first kappa shape index (κ1) is 11.4. The number of aliphatic hydroxyl groups is 1. The van der Waals surface area contributed by atoms with Crippen LogP contribution in [0.25, 0.3) is 0 Å². The second kappa shape index (κ2) is 3.22. The lowest BCUT2D eigenvalue weighted by atomic mass is 9.82. The lowest BCUT2D eigenvalue weighted by Gasteiger charge is -2.36. The predicted molar refractivity (Wildman–Crippen MR) is 57.1 cm³/mol. The molecule has 1 aliphatic carbocycles. The third-order valence-electron chi connectivity index (χ3n) is 4.19. The molecule has 2 saturated heterocycles. The van der Waals surface area contributed by atoms with Gasteiger partial charge in [0.2, 0.25) is 0 Å². The summed E-state index contributed by atoms with van der Waals surface area (Å²) in [6, 6.07) is 0. The maximum Gasteiger partial charge on any atom is 0.309 e. The fourth-order valence-corrected chi connectivity index (χ4v) is 3.71. The number of hydrogen-bond donors (Lipinski definition) is 1. The number of ether oxygens (including phenoxy) is 3. The summed E-state index contributed by atoms with van der Waals surface area (Å²) >= 11 is 0. The lowest BCUT2D eigenvalue weighted by Crippen LogP contribution is -2.52. The van der Waals surface area contributed by atoms with Crippen LogP contribution in [-0.2, 0) is 19.0 Å². The summed E-state index contributed by atoms with van der Waals surface area (Å²) in [6.07, 6.45) is 2.09. The van der Waals surface area contributed by atoms with Crippen LogP contribution in [-0.4, -0.2) is 40.8 Å². The Labute approximate surface area is 100 Å². The molecule has 5 nitrogen and oxygen atoms in total. The minimum atomic E-state index is -0.684. The summed E-state index contributed by atoms with van der Waals surface area (Å²) in [5.74, 6) is -0.927. The zero-order valence-corrected chi connectivity index (χ0v) is 10.2. The molecule has 96 valence electrons. The molecule has 3 fully saturated rings. The van der Waals surface area contributed by atoms with Crippen LogP contribution in [0.4, 0.5) is 0 Å². The van der Waals surface area contributed by atoms with Crippen molar-refractivity contribution in [2.24, 2.45) is 0 Å². The molecule has 0 amide bonds. The highest BCUT2D eigenvalue weighted by atomic mass is 16.8. The van der Waals surface area contributed by atoms with Gasteiger partial charge in [0, 0.05) is 13.0 Å². The zero-order chi connectivity index (χ0) is 12.3. The number of aliphatic hydroxyl groups excluding tert-OH is 1. The topological polar surface area (TPSA) is 65.0 Å². The number of carbonyl (C=O) groups excluding carboxylic acids is 1. The fourth-order valence-electron chi connectivity index (χ4n) is 3.71. The molecule has 0 aromatic rings. The van der Waals surface area contributed by atoms with Gasteiger partial charge >= 0.3 is 5.97 Å². The van der Waals surface area contributed by atoms with Gasteiger partial charge in [0.1, 0.15) is 11.2 Å². The Hall–Kier alpha value is -0.650. The molecule has 2 aliphatic heterocycles. The van der Waals surface area contributed by atoms with Crippen molar-refractivity contribution in [1.82, 2.24) is 0 Å². The van der Waals surface area contributed by atoms with E-state index in [0.29, 0.717) is 12.8 Å². The second-order valence-corrected chi connectivity index (χ2v) is 5.66. The van der Waals surface area contributed by atoms with Crippen molar-refractivity contribution in [2.45, 2.75) is 62.6 Å². The Balaban J connectivity index is 2.01. The lowest BCUT2D eigenvalue weighted by molar-refractivity contribution is -0.202. The molecule has 0 bridgehead atoms. The van der Waals surface area contributed by atoms with Crippen molar-refractivity contribution in [3.05, 3.63) is 0 Å². The average molecular weight is 242 g/mol. The summed E-state index contributed by atoms with van der Waals surface area (Å²) in [7, 11) is 0. The van der Waals surface area contributed by atoms with Crippen molar-refractivity contribution >= 4 is 5.97 Å². The summed E-state index contributed by atoms with van der Waals surface area (Å²) in [4.78, 5) is 11.6. The van der Waals surface area contributed by atoms with Crippen LogP contribution >= 0.6 is 0 Å². The molecule has 0 aromatic carbocycles. The standard InChI is InChI=1S/C12H18O5/c1-10(2)15-8-3-4-11(5-6-13)12(8,17-10)7-9(14)16-11/h8,13H,3-7H2,1-2H3/t8-,11+,12-/m0/s1. The van der Waals surface area contributed by atoms with Gasteiger partial charge in [-0.1, -0.05) is 0 Å². The van der Waals surface area contributed by atoms with E-state index in [-0.39, 0.29) is 25.1 Å². The van der Waals surface area contributed by atoms with E-state index in [9.17, 15) is 9.90 Å². The summed E-state index contributed by atoms with van der Waals surface area (Å²) < 4.78 is 17.4. The van der Waals surface area contributed by atoms with E-state index in [1.165, 1.54) is 0 Å². The van der Waals surface area contributed by atoms with Gasteiger partial charge in [-0.15, -0.1) is 0 Å². The van der Waals surface area contributed by atoms with Gasteiger partial charge in [-0.3, -0.25) is 4.79 Å². The van der Waals surface area contributed by atoms with Crippen LogP contribution in [0.15, 0.2) is 0 Å². The highest BCUT2D eigenvalue weighted by Crippen LogP contribution is 2.59. The van der Waals surface area contributed by atoms with Crippen LogP contribution in [0.2, 0.25) is 0 Å². The summed E-state index contributed by atoms with van der Waals surface area (Å²) in [6.45, 7) is 3.70. The van der Waals surface area contributed by atoms with Crippen molar-refractivity contribution < 1.29 is 24.1 Å². The Bertz CT molecular complexity index is 362. The molecule has 3 aliphatic rings. The molecule has 0 unspecified atom stereocenters. The molecule has 5 heteroatoms. The van der Waals surface area contributed by atoms with Crippen LogP contribution in [0, 0.1) is 0 Å². The highest BCUT2D eigenvalue weighted by molar-refractivity contribution is 5.75. The smallest absolute Gasteiger partial charge is 0.309 e. The molecule has 3 rings (SSSR count). The molecule has 17 heavy (non-hydrogen) atoms. The Morgan fingerprint density at radius 3 is 2.94 bits per heavy atom.